The van der Waals surface area contributed by atoms with Crippen LogP contribution in [0.5, 0.6) is 17.2 Å². The van der Waals surface area contributed by atoms with Crippen molar-refractivity contribution < 1.29 is 14.2 Å². The highest BCUT2D eigenvalue weighted by Gasteiger charge is 2.07. The Balaban J connectivity index is 1.57. The fourth-order valence-electron chi connectivity index (χ4n) is 2.81. The van der Waals surface area contributed by atoms with Crippen molar-refractivity contribution in [1.29, 1.82) is 0 Å². The second-order valence-electron chi connectivity index (χ2n) is 6.78. The van der Waals surface area contributed by atoms with Crippen LogP contribution < -0.4 is 19.5 Å². The summed E-state index contributed by atoms with van der Waals surface area (Å²) in [7, 11) is 3.30. The van der Waals surface area contributed by atoms with E-state index in [0.29, 0.717) is 25.4 Å². The molecule has 6 nitrogen and oxygen atoms in total. The summed E-state index contributed by atoms with van der Waals surface area (Å²) in [4.78, 5) is 0. The number of nitrogens with zero attached hydrogens (tertiary/aromatic N) is 2. The number of hydrogen-bond donors (Lipinski definition) is 1. The van der Waals surface area contributed by atoms with Crippen LogP contribution in [0, 0.1) is 0 Å². The van der Waals surface area contributed by atoms with Gasteiger partial charge in [0.2, 0.25) is 0 Å². The van der Waals surface area contributed by atoms with Crippen LogP contribution >= 0.6 is 0 Å². The van der Waals surface area contributed by atoms with Crippen LogP contribution in [0.4, 0.5) is 0 Å². The molecule has 1 heterocycles. The van der Waals surface area contributed by atoms with Crippen LogP contribution in [0.3, 0.4) is 0 Å². The van der Waals surface area contributed by atoms with Crippen molar-refractivity contribution in [2.75, 3.05) is 20.8 Å². The van der Waals surface area contributed by atoms with Gasteiger partial charge in [-0.1, -0.05) is 12.6 Å². The van der Waals surface area contributed by atoms with Gasteiger partial charge < -0.3 is 19.5 Å². The van der Waals surface area contributed by atoms with E-state index in [1.807, 2.05) is 66.3 Å². The van der Waals surface area contributed by atoms with Crippen molar-refractivity contribution in [3.63, 3.8) is 0 Å². The van der Waals surface area contributed by atoms with E-state index in [1.54, 1.807) is 14.2 Å². The van der Waals surface area contributed by atoms with Gasteiger partial charge in [-0.2, -0.15) is 5.10 Å². The quantitative estimate of drug-likeness (QED) is 0.525. The van der Waals surface area contributed by atoms with Gasteiger partial charge in [-0.3, -0.25) is 0 Å². The van der Waals surface area contributed by atoms with Gasteiger partial charge in [0, 0.05) is 19.3 Å². The average molecular weight is 393 g/mol. The summed E-state index contributed by atoms with van der Waals surface area (Å²) >= 11 is 0. The molecule has 0 radical (unpaired) electrons. The highest BCUT2D eigenvalue weighted by molar-refractivity contribution is 5.43. The molecule has 1 N–H and O–H groups in total. The third-order valence-electron chi connectivity index (χ3n) is 4.32. The fourth-order valence-corrected chi connectivity index (χ4v) is 2.81. The normalized spacial score (nSPS) is 10.6. The molecule has 0 saturated carbocycles. The molecule has 29 heavy (non-hydrogen) atoms. The highest BCUT2D eigenvalue weighted by Crippen LogP contribution is 2.28. The van der Waals surface area contributed by atoms with E-state index in [9.17, 15) is 0 Å². The Labute approximate surface area is 171 Å². The van der Waals surface area contributed by atoms with Crippen LogP contribution in [-0.2, 0) is 13.1 Å². The molecule has 0 aliphatic carbocycles. The van der Waals surface area contributed by atoms with Crippen LogP contribution in [0.15, 0.2) is 66.9 Å². The first kappa shape index (κ1) is 20.5. The molecule has 0 aliphatic heterocycles. The van der Waals surface area contributed by atoms with Crippen molar-refractivity contribution >= 4 is 0 Å². The fraction of sp³-hybridized carbons (Fsp3) is 0.261. The van der Waals surface area contributed by atoms with Gasteiger partial charge in [-0.05, 0) is 60.5 Å². The summed E-state index contributed by atoms with van der Waals surface area (Å²) in [6.45, 7) is 7.63. The summed E-state index contributed by atoms with van der Waals surface area (Å²) in [6, 6.07) is 15.7. The lowest BCUT2D eigenvalue weighted by molar-refractivity contribution is 0.319. The molecule has 152 valence electrons. The largest absolute Gasteiger partial charge is 0.497 e. The number of nitrogens with one attached hydrogen (secondary N) is 1. The summed E-state index contributed by atoms with van der Waals surface area (Å²) in [5.41, 5.74) is 4.03. The topological polar surface area (TPSA) is 57.5 Å². The highest BCUT2D eigenvalue weighted by atomic mass is 16.5. The van der Waals surface area contributed by atoms with Gasteiger partial charge in [-0.15, -0.1) is 0 Å². The van der Waals surface area contributed by atoms with Gasteiger partial charge in [0.15, 0.2) is 11.5 Å². The van der Waals surface area contributed by atoms with E-state index in [0.717, 1.165) is 34.0 Å². The minimum Gasteiger partial charge on any atom is -0.497 e. The molecular weight excluding hydrogens is 366 g/mol. The second-order valence-corrected chi connectivity index (χ2v) is 6.78. The smallest absolute Gasteiger partial charge is 0.161 e. The van der Waals surface area contributed by atoms with E-state index < -0.39 is 0 Å². The van der Waals surface area contributed by atoms with Crippen molar-refractivity contribution in [3.05, 3.63) is 78.1 Å². The number of rotatable bonds is 10. The molecule has 3 rings (SSSR count). The minimum atomic E-state index is 0.468. The molecule has 0 aliphatic rings. The maximum absolute atomic E-state index is 5.79. The maximum atomic E-state index is 5.79. The van der Waals surface area contributed by atoms with Crippen LogP contribution in [0.1, 0.15) is 18.2 Å². The minimum absolute atomic E-state index is 0.468. The molecule has 0 bridgehead atoms. The van der Waals surface area contributed by atoms with E-state index in [4.69, 9.17) is 14.2 Å². The van der Waals surface area contributed by atoms with E-state index >= 15 is 0 Å². The van der Waals surface area contributed by atoms with Crippen molar-refractivity contribution in [1.82, 2.24) is 15.1 Å². The molecule has 0 amide bonds. The number of ether oxygens (including phenoxy) is 3. The Bertz CT molecular complexity index is 948. The molecule has 0 saturated heterocycles. The molecule has 0 atom stereocenters. The Morgan fingerprint density at radius 1 is 1.00 bits per heavy atom. The predicted molar refractivity (Wildman–Crippen MR) is 114 cm³/mol. The van der Waals surface area contributed by atoms with Gasteiger partial charge in [0.25, 0.3) is 0 Å². The molecule has 0 spiro atoms. The van der Waals surface area contributed by atoms with Crippen LogP contribution in [0.25, 0.3) is 5.69 Å². The first-order valence-electron chi connectivity index (χ1n) is 9.43. The number of methoxy groups -OCH3 is 2. The molecule has 1 aromatic heterocycles. The second kappa shape index (κ2) is 9.80. The summed E-state index contributed by atoms with van der Waals surface area (Å²) in [6.07, 6.45) is 1.95. The first-order chi connectivity index (χ1) is 14.1. The van der Waals surface area contributed by atoms with E-state index in [1.165, 1.54) is 0 Å². The summed E-state index contributed by atoms with van der Waals surface area (Å²) in [5, 5.41) is 8.04. The van der Waals surface area contributed by atoms with Gasteiger partial charge >= 0.3 is 0 Å². The molecule has 6 heteroatoms. The Kier molecular flexibility index (Phi) is 6.92. The number of benzene rings is 2. The zero-order valence-electron chi connectivity index (χ0n) is 17.1. The molecule has 3 aromatic rings. The third-order valence-corrected chi connectivity index (χ3v) is 4.32. The molecular formula is C23H27N3O3. The zero-order chi connectivity index (χ0) is 20.6. The van der Waals surface area contributed by atoms with Crippen molar-refractivity contribution in [2.24, 2.45) is 0 Å². The van der Waals surface area contributed by atoms with Crippen LogP contribution in [-0.4, -0.2) is 30.6 Å². The summed E-state index contributed by atoms with van der Waals surface area (Å²) in [5.74, 6) is 2.26. The number of hydrogen-bond acceptors (Lipinski definition) is 5. The summed E-state index contributed by atoms with van der Waals surface area (Å²) < 4.78 is 18.2. The lowest BCUT2D eigenvalue weighted by atomic mass is 10.2. The monoisotopic (exact) mass is 393 g/mol. The van der Waals surface area contributed by atoms with Crippen LogP contribution in [0.2, 0.25) is 0 Å². The van der Waals surface area contributed by atoms with E-state index in [-0.39, 0.29) is 0 Å². The SMILES string of the molecule is C=C(C)COc1cc(CNCc2ccn(-c3ccc(OC)cc3)n2)ccc1OC. The van der Waals surface area contributed by atoms with E-state index in [2.05, 4.69) is 17.0 Å². The Morgan fingerprint density at radius 3 is 2.48 bits per heavy atom. The van der Waals surface area contributed by atoms with Gasteiger partial charge in [0.1, 0.15) is 12.4 Å². The lowest BCUT2D eigenvalue weighted by Gasteiger charge is -2.12. The van der Waals surface area contributed by atoms with Crippen molar-refractivity contribution in [3.8, 4) is 22.9 Å². The molecule has 0 fully saturated rings. The first-order valence-corrected chi connectivity index (χ1v) is 9.43. The third kappa shape index (κ3) is 5.62. The zero-order valence-corrected chi connectivity index (χ0v) is 17.1. The van der Waals surface area contributed by atoms with Crippen molar-refractivity contribution in [2.45, 2.75) is 20.0 Å². The molecule has 0 unspecified atom stereocenters. The molecule has 2 aromatic carbocycles. The average Bonchev–Trinajstić information content (AvgIpc) is 3.21. The Morgan fingerprint density at radius 2 is 1.79 bits per heavy atom. The Hall–Kier alpha value is -3.25. The predicted octanol–water partition coefficient (Wildman–Crippen LogP) is 4.13. The maximum Gasteiger partial charge on any atom is 0.161 e. The van der Waals surface area contributed by atoms with Gasteiger partial charge in [-0.25, -0.2) is 4.68 Å². The van der Waals surface area contributed by atoms with Gasteiger partial charge in [0.05, 0.1) is 25.6 Å². The number of aromatic nitrogens is 2. The standard InChI is InChI=1S/C23H27N3O3/c1-17(2)16-29-23-13-18(5-10-22(23)28-4)14-24-15-19-11-12-26(25-19)20-6-8-21(27-3)9-7-20/h5-13,24H,1,14-16H2,2-4H3. The lowest BCUT2D eigenvalue weighted by Crippen LogP contribution is -2.13.